The molecular weight excluding hydrogens is 160 g/mol. The van der Waals surface area contributed by atoms with Crippen LogP contribution in [0.15, 0.2) is 0 Å². The first-order valence-electron chi connectivity index (χ1n) is 5.60. The fraction of sp³-hybridized carbons (Fsp3) is 0.909. The second-order valence-corrected chi connectivity index (χ2v) is 4.09. The van der Waals surface area contributed by atoms with Gasteiger partial charge in [-0.1, -0.05) is 20.3 Å². The molecule has 1 saturated heterocycles. The molecular formula is C11H22N2. The van der Waals surface area contributed by atoms with Crippen LogP contribution in [0.5, 0.6) is 0 Å². The molecule has 76 valence electrons. The van der Waals surface area contributed by atoms with E-state index in [1.54, 1.807) is 0 Å². The summed E-state index contributed by atoms with van der Waals surface area (Å²) in [7, 11) is 0. The van der Waals surface area contributed by atoms with Crippen LogP contribution in [0, 0.1) is 11.3 Å². The molecule has 13 heavy (non-hydrogen) atoms. The summed E-state index contributed by atoms with van der Waals surface area (Å²) >= 11 is 0. The number of amidine groups is 1. The lowest BCUT2D eigenvalue weighted by Gasteiger charge is -2.18. The zero-order valence-electron chi connectivity index (χ0n) is 8.97. The van der Waals surface area contributed by atoms with Crippen molar-refractivity contribution in [3.8, 4) is 0 Å². The van der Waals surface area contributed by atoms with Gasteiger partial charge in [0.1, 0.15) is 0 Å². The highest BCUT2D eigenvalue weighted by molar-refractivity contribution is 5.79. The van der Waals surface area contributed by atoms with Crippen molar-refractivity contribution in [1.82, 2.24) is 4.90 Å². The van der Waals surface area contributed by atoms with Crippen LogP contribution in [0.4, 0.5) is 0 Å². The van der Waals surface area contributed by atoms with E-state index < -0.39 is 0 Å². The Morgan fingerprint density at radius 3 is 2.77 bits per heavy atom. The summed E-state index contributed by atoms with van der Waals surface area (Å²) in [6, 6.07) is 0. The van der Waals surface area contributed by atoms with Gasteiger partial charge in [0, 0.05) is 19.5 Å². The molecule has 1 aliphatic rings. The Balaban J connectivity index is 2.27. The number of hydrogen-bond donors (Lipinski definition) is 1. The van der Waals surface area contributed by atoms with Gasteiger partial charge in [-0.2, -0.15) is 0 Å². The average Bonchev–Trinajstić information content (AvgIpc) is 2.54. The van der Waals surface area contributed by atoms with E-state index >= 15 is 0 Å². The Labute approximate surface area is 81.8 Å². The highest BCUT2D eigenvalue weighted by Gasteiger charge is 2.22. The number of nitrogens with zero attached hydrogens (tertiary/aromatic N) is 1. The van der Waals surface area contributed by atoms with Crippen molar-refractivity contribution >= 4 is 5.84 Å². The van der Waals surface area contributed by atoms with Gasteiger partial charge >= 0.3 is 0 Å². The van der Waals surface area contributed by atoms with Gasteiger partial charge in [0.05, 0.1) is 5.84 Å². The summed E-state index contributed by atoms with van der Waals surface area (Å²) in [5.41, 5.74) is 0. The molecule has 0 amide bonds. The Bertz CT molecular complexity index is 165. The molecule has 0 radical (unpaired) electrons. The van der Waals surface area contributed by atoms with Crippen LogP contribution in [-0.4, -0.2) is 23.8 Å². The van der Waals surface area contributed by atoms with Crippen molar-refractivity contribution in [3.63, 3.8) is 0 Å². The Hall–Kier alpha value is -0.530. The first-order chi connectivity index (χ1) is 6.27. The molecule has 1 fully saturated rings. The quantitative estimate of drug-likeness (QED) is 0.525. The van der Waals surface area contributed by atoms with E-state index in [1.165, 1.54) is 19.3 Å². The normalized spacial score (nSPS) is 22.3. The highest BCUT2D eigenvalue weighted by atomic mass is 15.2. The zero-order valence-corrected chi connectivity index (χ0v) is 8.97. The van der Waals surface area contributed by atoms with E-state index in [0.717, 1.165) is 37.7 Å². The van der Waals surface area contributed by atoms with Gasteiger partial charge in [-0.25, -0.2) is 0 Å². The van der Waals surface area contributed by atoms with Crippen molar-refractivity contribution in [2.45, 2.75) is 46.0 Å². The minimum absolute atomic E-state index is 0.862. The third-order valence-corrected chi connectivity index (χ3v) is 2.85. The van der Waals surface area contributed by atoms with Gasteiger partial charge in [0.25, 0.3) is 0 Å². The van der Waals surface area contributed by atoms with Crippen LogP contribution >= 0.6 is 0 Å². The second kappa shape index (κ2) is 5.25. The fourth-order valence-corrected chi connectivity index (χ4v) is 2.12. The maximum Gasteiger partial charge on any atom is 0.0957 e. The van der Waals surface area contributed by atoms with Crippen LogP contribution in [0.2, 0.25) is 0 Å². The van der Waals surface area contributed by atoms with Gasteiger partial charge in [-0.15, -0.1) is 0 Å². The minimum Gasteiger partial charge on any atom is -0.360 e. The standard InChI is InChI=1S/C11H22N2/c1-3-5-10-7-8-13(9-10)11(12)6-4-2/h10,12H,3-9H2,1-2H3. The zero-order chi connectivity index (χ0) is 9.68. The van der Waals surface area contributed by atoms with Gasteiger partial charge in [0.2, 0.25) is 0 Å². The van der Waals surface area contributed by atoms with Gasteiger partial charge in [-0.3, -0.25) is 5.41 Å². The van der Waals surface area contributed by atoms with Gasteiger partial charge < -0.3 is 4.90 Å². The van der Waals surface area contributed by atoms with Crippen molar-refractivity contribution in [2.24, 2.45) is 5.92 Å². The van der Waals surface area contributed by atoms with Crippen LogP contribution in [0.1, 0.15) is 46.0 Å². The van der Waals surface area contributed by atoms with Crippen LogP contribution in [0.25, 0.3) is 0 Å². The third kappa shape index (κ3) is 3.02. The van der Waals surface area contributed by atoms with Crippen molar-refractivity contribution in [1.29, 1.82) is 5.41 Å². The average molecular weight is 182 g/mol. The molecule has 1 aliphatic heterocycles. The predicted octanol–water partition coefficient (Wildman–Crippen LogP) is 2.89. The van der Waals surface area contributed by atoms with Crippen LogP contribution in [0.3, 0.4) is 0 Å². The molecule has 1 rings (SSSR count). The molecule has 2 nitrogen and oxygen atoms in total. The topological polar surface area (TPSA) is 27.1 Å². The largest absolute Gasteiger partial charge is 0.360 e. The molecule has 0 aromatic carbocycles. The second-order valence-electron chi connectivity index (χ2n) is 4.09. The van der Waals surface area contributed by atoms with E-state index in [4.69, 9.17) is 5.41 Å². The maximum atomic E-state index is 7.83. The maximum absolute atomic E-state index is 7.83. The SMILES string of the molecule is CCCC(=N)N1CCC(CCC)C1. The fourth-order valence-electron chi connectivity index (χ4n) is 2.12. The molecule has 0 spiro atoms. The Morgan fingerprint density at radius 1 is 1.38 bits per heavy atom. The van der Waals surface area contributed by atoms with Crippen LogP contribution < -0.4 is 0 Å². The molecule has 0 aliphatic carbocycles. The molecule has 1 unspecified atom stereocenters. The highest BCUT2D eigenvalue weighted by Crippen LogP contribution is 2.21. The summed E-state index contributed by atoms with van der Waals surface area (Å²) < 4.78 is 0. The summed E-state index contributed by atoms with van der Waals surface area (Å²) in [6.07, 6.45) is 6.00. The van der Waals surface area contributed by atoms with E-state index in [2.05, 4.69) is 18.7 Å². The lowest BCUT2D eigenvalue weighted by atomic mass is 10.0. The summed E-state index contributed by atoms with van der Waals surface area (Å²) in [5, 5.41) is 7.83. The lowest BCUT2D eigenvalue weighted by Crippen LogP contribution is -2.27. The smallest absolute Gasteiger partial charge is 0.0957 e. The third-order valence-electron chi connectivity index (χ3n) is 2.85. The van der Waals surface area contributed by atoms with E-state index in [-0.39, 0.29) is 0 Å². The first kappa shape index (κ1) is 10.6. The van der Waals surface area contributed by atoms with Crippen molar-refractivity contribution in [3.05, 3.63) is 0 Å². The van der Waals surface area contributed by atoms with Crippen molar-refractivity contribution < 1.29 is 0 Å². The Kier molecular flexibility index (Phi) is 4.26. The number of hydrogen-bond acceptors (Lipinski definition) is 1. The van der Waals surface area contributed by atoms with E-state index in [0.29, 0.717) is 0 Å². The molecule has 0 aromatic heterocycles. The number of likely N-dealkylation sites (tertiary alicyclic amines) is 1. The van der Waals surface area contributed by atoms with Gasteiger partial charge in [-0.05, 0) is 25.2 Å². The van der Waals surface area contributed by atoms with E-state index in [9.17, 15) is 0 Å². The number of nitrogens with one attached hydrogen (secondary N) is 1. The monoisotopic (exact) mass is 182 g/mol. The number of rotatable bonds is 4. The molecule has 1 N–H and O–H groups in total. The molecule has 0 saturated carbocycles. The Morgan fingerprint density at radius 2 is 2.15 bits per heavy atom. The molecule has 1 heterocycles. The lowest BCUT2D eigenvalue weighted by molar-refractivity contribution is 0.448. The first-order valence-corrected chi connectivity index (χ1v) is 5.60. The van der Waals surface area contributed by atoms with E-state index in [1.807, 2.05) is 0 Å². The summed E-state index contributed by atoms with van der Waals surface area (Å²) in [4.78, 5) is 2.27. The van der Waals surface area contributed by atoms with Crippen LogP contribution in [-0.2, 0) is 0 Å². The molecule has 1 atom stereocenters. The molecule has 0 bridgehead atoms. The van der Waals surface area contributed by atoms with Gasteiger partial charge in [0.15, 0.2) is 0 Å². The molecule has 2 heteroatoms. The minimum atomic E-state index is 0.862. The predicted molar refractivity (Wildman–Crippen MR) is 57.2 cm³/mol. The molecule has 0 aromatic rings. The summed E-state index contributed by atoms with van der Waals surface area (Å²) in [5.74, 6) is 1.73. The summed E-state index contributed by atoms with van der Waals surface area (Å²) in [6.45, 7) is 6.67. The van der Waals surface area contributed by atoms with Crippen molar-refractivity contribution in [2.75, 3.05) is 13.1 Å².